The number of carbonyl (C=O) groups excluding carboxylic acids is 2. The van der Waals surface area contributed by atoms with Crippen LogP contribution >= 0.6 is 0 Å². The Kier molecular flexibility index (Phi) is 5.58. The summed E-state index contributed by atoms with van der Waals surface area (Å²) in [6.07, 6.45) is 3.54. The van der Waals surface area contributed by atoms with Gasteiger partial charge in [0.05, 0.1) is 13.2 Å². The van der Waals surface area contributed by atoms with Gasteiger partial charge in [0.15, 0.2) is 5.60 Å². The molecule has 0 aliphatic carbocycles. The summed E-state index contributed by atoms with van der Waals surface area (Å²) in [5, 5.41) is 2.95. The van der Waals surface area contributed by atoms with Crippen molar-refractivity contribution in [2.24, 2.45) is 0 Å². The average molecular weight is 297 g/mol. The lowest BCUT2D eigenvalue weighted by atomic mass is 10.0. The number of hydrogen-bond donors (Lipinski definition) is 1. The van der Waals surface area contributed by atoms with Crippen LogP contribution in [0.4, 0.5) is 0 Å². The third-order valence-corrected chi connectivity index (χ3v) is 4.34. The fourth-order valence-electron chi connectivity index (χ4n) is 2.97. The normalized spacial score (nSPS) is 26.9. The maximum absolute atomic E-state index is 12.3. The summed E-state index contributed by atoms with van der Waals surface area (Å²) < 4.78 is 5.62. The van der Waals surface area contributed by atoms with Gasteiger partial charge in [-0.15, -0.1) is 0 Å². The molecule has 0 bridgehead atoms. The van der Waals surface area contributed by atoms with E-state index in [4.69, 9.17) is 4.74 Å². The van der Waals surface area contributed by atoms with Crippen LogP contribution in [0.2, 0.25) is 0 Å². The van der Waals surface area contributed by atoms with Crippen LogP contribution in [0.5, 0.6) is 0 Å². The van der Waals surface area contributed by atoms with Crippen LogP contribution in [0.15, 0.2) is 0 Å². The molecule has 2 rings (SSSR count). The van der Waals surface area contributed by atoms with Gasteiger partial charge in [0.1, 0.15) is 0 Å². The van der Waals surface area contributed by atoms with Gasteiger partial charge in [-0.1, -0.05) is 0 Å². The molecule has 1 atom stereocenters. The molecule has 0 aromatic heterocycles. The Morgan fingerprint density at radius 1 is 1.24 bits per heavy atom. The highest BCUT2D eigenvalue weighted by molar-refractivity contribution is 5.86. The molecule has 2 fully saturated rings. The summed E-state index contributed by atoms with van der Waals surface area (Å²) in [6, 6.07) is 0. The van der Waals surface area contributed by atoms with Crippen LogP contribution in [-0.4, -0.2) is 73.1 Å². The number of nitrogens with zero attached hydrogens (tertiary/aromatic N) is 2. The van der Waals surface area contributed by atoms with Gasteiger partial charge in [0.25, 0.3) is 5.91 Å². The number of ether oxygens (including phenoxy) is 1. The molecule has 0 aromatic rings. The van der Waals surface area contributed by atoms with Gasteiger partial charge in [-0.2, -0.15) is 0 Å². The van der Waals surface area contributed by atoms with E-state index in [2.05, 4.69) is 10.2 Å². The molecule has 120 valence electrons. The lowest BCUT2D eigenvalue weighted by Crippen LogP contribution is -2.59. The minimum atomic E-state index is -0.919. The summed E-state index contributed by atoms with van der Waals surface area (Å²) in [4.78, 5) is 27.9. The largest absolute Gasteiger partial charge is 0.362 e. The Morgan fingerprint density at radius 2 is 1.95 bits per heavy atom. The van der Waals surface area contributed by atoms with E-state index < -0.39 is 5.60 Å². The van der Waals surface area contributed by atoms with Crippen LogP contribution in [0.1, 0.15) is 33.1 Å². The molecule has 21 heavy (non-hydrogen) atoms. The van der Waals surface area contributed by atoms with E-state index in [-0.39, 0.29) is 11.8 Å². The zero-order valence-corrected chi connectivity index (χ0v) is 13.2. The maximum atomic E-state index is 12.3. The molecule has 2 saturated heterocycles. The quantitative estimate of drug-likeness (QED) is 0.738. The highest BCUT2D eigenvalue weighted by atomic mass is 16.5. The summed E-state index contributed by atoms with van der Waals surface area (Å²) in [5.74, 6) is -0.124. The van der Waals surface area contributed by atoms with Crippen molar-refractivity contribution in [2.45, 2.75) is 38.7 Å². The zero-order chi connectivity index (χ0) is 15.3. The Bertz CT molecular complexity index is 382. The zero-order valence-electron chi connectivity index (χ0n) is 13.2. The SMILES string of the molecule is CC(=O)N1CCO[C@@](C)(C(=O)NCCCN2CCCC2)C1. The highest BCUT2D eigenvalue weighted by Crippen LogP contribution is 2.18. The van der Waals surface area contributed by atoms with Gasteiger partial charge in [-0.3, -0.25) is 9.59 Å². The number of hydrogen-bond acceptors (Lipinski definition) is 4. The number of rotatable bonds is 5. The summed E-state index contributed by atoms with van der Waals surface area (Å²) in [6.45, 7) is 8.67. The van der Waals surface area contributed by atoms with Gasteiger partial charge >= 0.3 is 0 Å². The molecule has 0 aromatic carbocycles. The average Bonchev–Trinajstić information content (AvgIpc) is 2.96. The van der Waals surface area contributed by atoms with Crippen LogP contribution in [-0.2, 0) is 14.3 Å². The Hall–Kier alpha value is -1.14. The topological polar surface area (TPSA) is 61.9 Å². The van der Waals surface area contributed by atoms with Gasteiger partial charge in [0.2, 0.25) is 5.91 Å². The van der Waals surface area contributed by atoms with E-state index in [0.29, 0.717) is 26.2 Å². The van der Waals surface area contributed by atoms with E-state index >= 15 is 0 Å². The molecule has 0 radical (unpaired) electrons. The van der Waals surface area contributed by atoms with Crippen molar-refractivity contribution in [1.29, 1.82) is 0 Å². The second kappa shape index (κ2) is 7.22. The fraction of sp³-hybridized carbons (Fsp3) is 0.867. The molecule has 6 nitrogen and oxygen atoms in total. The van der Waals surface area contributed by atoms with Gasteiger partial charge in [-0.25, -0.2) is 0 Å². The molecular formula is C15H27N3O3. The number of carbonyl (C=O) groups is 2. The summed E-state index contributed by atoms with van der Waals surface area (Å²) >= 11 is 0. The third kappa shape index (κ3) is 4.41. The van der Waals surface area contributed by atoms with Crippen molar-refractivity contribution >= 4 is 11.8 Å². The second-order valence-corrected chi connectivity index (χ2v) is 6.18. The van der Waals surface area contributed by atoms with Crippen LogP contribution in [0.3, 0.4) is 0 Å². The molecule has 2 aliphatic rings. The molecule has 1 N–H and O–H groups in total. The predicted octanol–water partition coefficient (Wildman–Crippen LogP) is 0.226. The Morgan fingerprint density at radius 3 is 2.62 bits per heavy atom. The van der Waals surface area contributed by atoms with E-state index in [1.165, 1.54) is 32.9 Å². The van der Waals surface area contributed by atoms with Gasteiger partial charge in [0, 0.05) is 20.0 Å². The van der Waals surface area contributed by atoms with Gasteiger partial charge < -0.3 is 19.9 Å². The van der Waals surface area contributed by atoms with Crippen LogP contribution < -0.4 is 5.32 Å². The second-order valence-electron chi connectivity index (χ2n) is 6.18. The predicted molar refractivity (Wildman–Crippen MR) is 79.9 cm³/mol. The molecule has 0 saturated carbocycles. The van der Waals surface area contributed by atoms with E-state index in [1.54, 1.807) is 11.8 Å². The van der Waals surface area contributed by atoms with Crippen LogP contribution in [0, 0.1) is 0 Å². The molecule has 2 heterocycles. The first-order chi connectivity index (χ1) is 10.0. The van der Waals surface area contributed by atoms with E-state index in [9.17, 15) is 9.59 Å². The molecule has 2 aliphatic heterocycles. The summed E-state index contributed by atoms with van der Waals surface area (Å²) in [7, 11) is 0. The minimum absolute atomic E-state index is 0.00800. The van der Waals surface area contributed by atoms with Crippen LogP contribution in [0.25, 0.3) is 0 Å². The van der Waals surface area contributed by atoms with Crippen molar-refractivity contribution in [3.63, 3.8) is 0 Å². The molecular weight excluding hydrogens is 270 g/mol. The van der Waals surface area contributed by atoms with Crippen molar-refractivity contribution in [1.82, 2.24) is 15.1 Å². The molecule has 6 heteroatoms. The number of likely N-dealkylation sites (tertiary alicyclic amines) is 1. The Balaban J connectivity index is 1.72. The standard InChI is InChI=1S/C15H27N3O3/c1-13(19)18-10-11-21-15(2,12-18)14(20)16-6-5-9-17-7-3-4-8-17/h3-12H2,1-2H3,(H,16,20)/t15-/m1/s1. The molecule has 0 unspecified atom stereocenters. The summed E-state index contributed by atoms with van der Waals surface area (Å²) in [5.41, 5.74) is -0.919. The fourth-order valence-corrected chi connectivity index (χ4v) is 2.97. The van der Waals surface area contributed by atoms with E-state index in [0.717, 1.165) is 13.0 Å². The van der Waals surface area contributed by atoms with Crippen molar-refractivity contribution in [3.8, 4) is 0 Å². The number of nitrogens with one attached hydrogen (secondary N) is 1. The van der Waals surface area contributed by atoms with Crippen molar-refractivity contribution in [2.75, 3.05) is 45.9 Å². The third-order valence-electron chi connectivity index (χ3n) is 4.34. The minimum Gasteiger partial charge on any atom is -0.362 e. The first kappa shape index (κ1) is 16.2. The lowest BCUT2D eigenvalue weighted by Gasteiger charge is -2.38. The van der Waals surface area contributed by atoms with Crippen molar-refractivity contribution in [3.05, 3.63) is 0 Å². The highest BCUT2D eigenvalue weighted by Gasteiger charge is 2.39. The smallest absolute Gasteiger partial charge is 0.253 e. The maximum Gasteiger partial charge on any atom is 0.253 e. The monoisotopic (exact) mass is 297 g/mol. The van der Waals surface area contributed by atoms with E-state index in [1.807, 2.05) is 0 Å². The lowest BCUT2D eigenvalue weighted by molar-refractivity contribution is -0.162. The van der Waals surface area contributed by atoms with Crippen molar-refractivity contribution < 1.29 is 14.3 Å². The first-order valence-corrected chi connectivity index (χ1v) is 7.91. The molecule has 0 spiro atoms. The molecule has 2 amide bonds. The number of amides is 2. The number of morpholine rings is 1. The van der Waals surface area contributed by atoms with Gasteiger partial charge in [-0.05, 0) is 45.8 Å². The Labute approximate surface area is 126 Å². The first-order valence-electron chi connectivity index (χ1n) is 7.91.